The fourth-order valence-corrected chi connectivity index (χ4v) is 10.1. The van der Waals surface area contributed by atoms with Crippen molar-refractivity contribution >= 4 is 65.1 Å². The van der Waals surface area contributed by atoms with Gasteiger partial charge in [-0.05, 0) is 67.5 Å². The van der Waals surface area contributed by atoms with Crippen LogP contribution >= 0.6 is 23.7 Å². The third kappa shape index (κ3) is 27.3. The van der Waals surface area contributed by atoms with Gasteiger partial charge in [0.2, 0.25) is 19.2 Å². The van der Waals surface area contributed by atoms with Gasteiger partial charge >= 0.3 is 23.9 Å². The van der Waals surface area contributed by atoms with Gasteiger partial charge < -0.3 is 49.8 Å². The highest BCUT2D eigenvalue weighted by molar-refractivity contribution is 7.57. The zero-order valence-electron chi connectivity index (χ0n) is 36.1. The lowest BCUT2D eigenvalue weighted by Crippen LogP contribution is -2.44. The van der Waals surface area contributed by atoms with E-state index in [0.717, 1.165) is 0 Å². The third-order valence-corrected chi connectivity index (χ3v) is 13.4. The molecule has 1 aliphatic heterocycles. The lowest BCUT2D eigenvalue weighted by molar-refractivity contribution is -0.160. The van der Waals surface area contributed by atoms with Crippen LogP contribution in [-0.4, -0.2) is 181 Å². The lowest BCUT2D eigenvalue weighted by atomic mass is 10.1. The molecule has 0 radical (unpaired) electrons. The van der Waals surface area contributed by atoms with E-state index in [-0.39, 0.29) is 62.9 Å². The SMILES string of the molecule is CC(=O)CCP(O)CN1CCN(CP(O)CCC(=O)NC(CCC(=O)O)C(=O)OC(C)(C)C)CCN(CP(=O)(O)CCC(=O)NC(CCC(=O)O)C(=O)OC(C)(C)C)CC1. The molecule has 1 saturated heterocycles. The standard InChI is InChI=1S/C37H68N5O15P3/c1-27(43)12-21-58(52)24-40-15-16-41(25-59(53)22-13-30(44)38-28(8-10-32(46)47)34(50)56-36(2,3)4)18-20-42(19-17-40)26-60(54,55)23-14-31(45)39-29(9-11-33(48)49)35(51)57-37(5,6)7/h28-29,52-53H,8-26H2,1-7H3,(H,38,44)(H,39,45)(H,46,47)(H,48,49)(H,54,55). The summed E-state index contributed by atoms with van der Waals surface area (Å²) in [5, 5.41) is 23.2. The molecule has 60 heavy (non-hydrogen) atoms. The first-order valence-corrected chi connectivity index (χ1v) is 25.3. The maximum atomic E-state index is 13.5. The molecule has 1 fully saturated rings. The minimum atomic E-state index is -3.99. The van der Waals surface area contributed by atoms with Crippen LogP contribution in [0.2, 0.25) is 0 Å². The van der Waals surface area contributed by atoms with Gasteiger partial charge in [0.25, 0.3) is 0 Å². The normalized spacial score (nSPS) is 18.0. The van der Waals surface area contributed by atoms with Crippen molar-refractivity contribution in [3.8, 4) is 0 Å². The van der Waals surface area contributed by atoms with Crippen LogP contribution in [0.25, 0.3) is 0 Å². The summed E-state index contributed by atoms with van der Waals surface area (Å²) >= 11 is 0. The maximum absolute atomic E-state index is 13.5. The number of carboxylic acids is 2. The zero-order valence-corrected chi connectivity index (χ0v) is 38.8. The fourth-order valence-electron chi connectivity index (χ4n) is 5.70. The molecule has 0 spiro atoms. The topological polar surface area (TPSA) is 290 Å². The summed E-state index contributed by atoms with van der Waals surface area (Å²) in [5.41, 5.74) is -1.76. The molecule has 0 saturated carbocycles. The number of carbonyl (C=O) groups excluding carboxylic acids is 5. The van der Waals surface area contributed by atoms with Crippen molar-refractivity contribution in [2.75, 3.05) is 76.6 Å². The molecule has 0 aliphatic carbocycles. The monoisotopic (exact) mass is 915 g/mol. The van der Waals surface area contributed by atoms with Crippen molar-refractivity contribution in [3.63, 3.8) is 0 Å². The van der Waals surface area contributed by atoms with Gasteiger partial charge in [0.15, 0.2) is 0 Å². The van der Waals surface area contributed by atoms with E-state index in [1.54, 1.807) is 46.4 Å². The predicted octanol–water partition coefficient (Wildman–Crippen LogP) is 1.97. The van der Waals surface area contributed by atoms with Crippen LogP contribution in [0.5, 0.6) is 0 Å². The van der Waals surface area contributed by atoms with Gasteiger partial charge in [-0.25, -0.2) is 9.59 Å². The number of Topliss-reactive ketones (excluding diaryl/α,β-unsaturated/α-hetero) is 1. The van der Waals surface area contributed by atoms with E-state index in [1.807, 2.05) is 9.80 Å². The molecule has 0 bridgehead atoms. The van der Waals surface area contributed by atoms with Crippen molar-refractivity contribution < 1.29 is 72.5 Å². The Balaban J connectivity index is 3.02. The van der Waals surface area contributed by atoms with Gasteiger partial charge in [-0.2, -0.15) is 0 Å². The van der Waals surface area contributed by atoms with Crippen LogP contribution in [0.1, 0.15) is 93.4 Å². The predicted molar refractivity (Wildman–Crippen MR) is 226 cm³/mol. The summed E-state index contributed by atoms with van der Waals surface area (Å²) in [6, 6.07) is -2.45. The maximum Gasteiger partial charge on any atom is 0.329 e. The highest BCUT2D eigenvalue weighted by atomic mass is 31.2. The Hall–Kier alpha value is -2.66. The summed E-state index contributed by atoms with van der Waals surface area (Å²) in [6.07, 6.45) is -1.39. The quantitative estimate of drug-likeness (QED) is 0.0509. The molecule has 20 nitrogen and oxygen atoms in total. The lowest BCUT2D eigenvalue weighted by Gasteiger charge is -2.28. The second-order valence-electron chi connectivity index (χ2n) is 16.9. The number of carbonyl (C=O) groups is 7. The Morgan fingerprint density at radius 2 is 1.00 bits per heavy atom. The average molecular weight is 916 g/mol. The van der Waals surface area contributed by atoms with E-state index >= 15 is 0 Å². The van der Waals surface area contributed by atoms with E-state index in [2.05, 4.69) is 10.6 Å². The number of hydrogen-bond donors (Lipinski definition) is 7. The molecular formula is C37H68N5O15P3. The van der Waals surface area contributed by atoms with E-state index in [1.165, 1.54) is 6.92 Å². The summed E-state index contributed by atoms with van der Waals surface area (Å²) in [5.74, 6) is -5.23. The van der Waals surface area contributed by atoms with Crippen molar-refractivity contribution in [2.24, 2.45) is 0 Å². The number of hydrogen-bond acceptors (Lipinski definition) is 15. The van der Waals surface area contributed by atoms with Crippen LogP contribution in [-0.2, 0) is 47.6 Å². The average Bonchev–Trinajstić information content (AvgIpc) is 3.18. The number of ether oxygens (including phenoxy) is 2. The molecule has 1 rings (SSSR count). The summed E-state index contributed by atoms with van der Waals surface area (Å²) in [6.45, 7) is 13.6. The number of carboxylic acid groups (broad SMARTS) is 2. The molecule has 1 heterocycles. The van der Waals surface area contributed by atoms with Crippen LogP contribution in [0, 0.1) is 0 Å². The fraction of sp³-hybridized carbons (Fsp3) is 0.811. The summed E-state index contributed by atoms with van der Waals surface area (Å²) in [7, 11) is -7.26. The highest BCUT2D eigenvalue weighted by Gasteiger charge is 2.31. The van der Waals surface area contributed by atoms with Gasteiger partial charge in [0.05, 0.1) is 6.29 Å². The van der Waals surface area contributed by atoms with Crippen LogP contribution in [0.4, 0.5) is 0 Å². The number of nitrogens with zero attached hydrogens (tertiary/aromatic N) is 3. The highest BCUT2D eigenvalue weighted by Crippen LogP contribution is 2.42. The third-order valence-electron chi connectivity index (χ3n) is 8.70. The summed E-state index contributed by atoms with van der Waals surface area (Å²) < 4.78 is 24.2. The molecule has 23 heteroatoms. The van der Waals surface area contributed by atoms with Gasteiger partial charge in [-0.3, -0.25) is 38.4 Å². The molecule has 1 aliphatic rings. The van der Waals surface area contributed by atoms with Crippen molar-refractivity contribution in [2.45, 2.75) is 117 Å². The number of rotatable bonds is 25. The Morgan fingerprint density at radius 3 is 1.37 bits per heavy atom. The van der Waals surface area contributed by atoms with E-state index in [9.17, 15) is 52.8 Å². The molecule has 346 valence electrons. The second-order valence-corrected chi connectivity index (χ2v) is 22.8. The molecule has 5 unspecified atom stereocenters. The molecule has 7 N–H and O–H groups in total. The zero-order chi connectivity index (χ0) is 45.8. The molecule has 2 amide bonds. The Kier molecular flexibility index (Phi) is 24.7. The first kappa shape index (κ1) is 55.4. The van der Waals surface area contributed by atoms with Gasteiger partial charge in [0.1, 0.15) is 29.1 Å². The molecular weight excluding hydrogens is 847 g/mol. The Bertz CT molecular complexity index is 1490. The summed E-state index contributed by atoms with van der Waals surface area (Å²) in [4.78, 5) is 123. The number of ketones is 1. The van der Waals surface area contributed by atoms with Crippen molar-refractivity contribution in [1.29, 1.82) is 0 Å². The molecule has 0 aromatic heterocycles. The van der Waals surface area contributed by atoms with Gasteiger partial charge in [-0.15, -0.1) is 0 Å². The molecule has 0 aromatic carbocycles. The first-order valence-electron chi connectivity index (χ1n) is 20.0. The Labute approximate surface area is 355 Å². The van der Waals surface area contributed by atoms with Crippen LogP contribution < -0.4 is 10.6 Å². The minimum absolute atomic E-state index is 0.0445. The number of esters is 2. The second kappa shape index (κ2) is 26.7. The first-order chi connectivity index (χ1) is 27.6. The van der Waals surface area contributed by atoms with Gasteiger partial charge in [0, 0.05) is 113 Å². The number of nitrogens with one attached hydrogen (secondary N) is 2. The molecule has 5 atom stereocenters. The largest absolute Gasteiger partial charge is 0.481 e. The minimum Gasteiger partial charge on any atom is -0.481 e. The number of aliphatic carboxylic acids is 2. The van der Waals surface area contributed by atoms with E-state index in [4.69, 9.17) is 19.7 Å². The smallest absolute Gasteiger partial charge is 0.329 e. The van der Waals surface area contributed by atoms with Gasteiger partial charge in [-0.1, -0.05) is 0 Å². The van der Waals surface area contributed by atoms with Crippen molar-refractivity contribution in [3.05, 3.63) is 0 Å². The number of amides is 2. The molecule has 0 aromatic rings. The van der Waals surface area contributed by atoms with E-state index in [0.29, 0.717) is 45.4 Å². The van der Waals surface area contributed by atoms with Crippen molar-refractivity contribution in [1.82, 2.24) is 25.3 Å². The van der Waals surface area contributed by atoms with Crippen LogP contribution in [0.3, 0.4) is 0 Å². The Morgan fingerprint density at radius 1 is 0.633 bits per heavy atom. The van der Waals surface area contributed by atoms with E-state index < -0.39 is 102 Å². The van der Waals surface area contributed by atoms with Crippen LogP contribution in [0.15, 0.2) is 0 Å².